The van der Waals surface area contributed by atoms with Gasteiger partial charge in [0.05, 0.1) is 16.2 Å². The number of nitrogen functional groups attached to an aromatic ring is 1. The van der Waals surface area contributed by atoms with E-state index in [1.54, 1.807) is 0 Å². The molecule has 0 aliphatic carbocycles. The zero-order chi connectivity index (χ0) is 24.8. The second-order valence-electron chi connectivity index (χ2n) is 7.44. The number of aromatic nitrogens is 2. The van der Waals surface area contributed by atoms with Gasteiger partial charge < -0.3 is 10.5 Å². The normalized spacial score (nSPS) is 16.1. The standard InChI is InChI=1S/C21H15Cl2F3N4O4/c22-12-3-1-4-13(23)16(12)11-9-10(21(24,25)26)6-7-14(11)29-17(18(30(32)33)20(27)28-29)19(31)15-5-2-8-34-15/h1,3-4,6-7,9,15H,2,5,8H2,(H2,27,28). The Kier molecular flexibility index (Phi) is 6.28. The van der Waals surface area contributed by atoms with E-state index >= 15 is 0 Å². The Balaban J connectivity index is 2.04. The molecule has 0 amide bonds. The molecule has 0 spiro atoms. The summed E-state index contributed by atoms with van der Waals surface area (Å²) < 4.78 is 46.8. The van der Waals surface area contributed by atoms with Gasteiger partial charge >= 0.3 is 11.9 Å². The predicted molar refractivity (Wildman–Crippen MR) is 118 cm³/mol. The zero-order valence-electron chi connectivity index (χ0n) is 17.1. The van der Waals surface area contributed by atoms with Gasteiger partial charge in [0.25, 0.3) is 0 Å². The van der Waals surface area contributed by atoms with Crippen LogP contribution in [0.3, 0.4) is 0 Å². The quantitative estimate of drug-likeness (QED) is 0.264. The maximum absolute atomic E-state index is 13.5. The second-order valence-corrected chi connectivity index (χ2v) is 8.26. The van der Waals surface area contributed by atoms with E-state index in [-0.39, 0.29) is 33.5 Å². The monoisotopic (exact) mass is 514 g/mol. The molecule has 1 saturated heterocycles. The van der Waals surface area contributed by atoms with Gasteiger partial charge in [0.15, 0.2) is 5.69 Å². The van der Waals surface area contributed by atoms with Crippen molar-refractivity contribution in [1.82, 2.24) is 9.78 Å². The van der Waals surface area contributed by atoms with Crippen LogP contribution in [0.4, 0.5) is 24.7 Å². The van der Waals surface area contributed by atoms with Gasteiger partial charge in [-0.2, -0.15) is 13.2 Å². The number of nitro groups is 1. The third-order valence-electron chi connectivity index (χ3n) is 5.31. The largest absolute Gasteiger partial charge is 0.416 e. The van der Waals surface area contributed by atoms with Crippen molar-refractivity contribution in [2.45, 2.75) is 25.1 Å². The number of hydrogen-bond acceptors (Lipinski definition) is 6. The molecular weight excluding hydrogens is 500 g/mol. The van der Waals surface area contributed by atoms with E-state index in [4.69, 9.17) is 33.7 Å². The molecule has 34 heavy (non-hydrogen) atoms. The molecule has 0 bridgehead atoms. The second kappa shape index (κ2) is 8.90. The highest BCUT2D eigenvalue weighted by Gasteiger charge is 2.39. The number of benzene rings is 2. The Morgan fingerprint density at radius 1 is 1.24 bits per heavy atom. The number of ketones is 1. The lowest BCUT2D eigenvalue weighted by Gasteiger charge is -2.17. The molecule has 1 atom stereocenters. The molecule has 2 N–H and O–H groups in total. The summed E-state index contributed by atoms with van der Waals surface area (Å²) in [5, 5.41) is 15.7. The average molecular weight is 515 g/mol. The Bertz CT molecular complexity index is 1280. The topological polar surface area (TPSA) is 113 Å². The molecule has 1 fully saturated rings. The Morgan fingerprint density at radius 2 is 1.91 bits per heavy atom. The summed E-state index contributed by atoms with van der Waals surface area (Å²) >= 11 is 12.5. The van der Waals surface area contributed by atoms with Crippen LogP contribution < -0.4 is 5.73 Å². The van der Waals surface area contributed by atoms with Gasteiger partial charge in [0.2, 0.25) is 11.6 Å². The summed E-state index contributed by atoms with van der Waals surface area (Å²) in [4.78, 5) is 24.1. The van der Waals surface area contributed by atoms with Crippen LogP contribution >= 0.6 is 23.2 Å². The first-order chi connectivity index (χ1) is 16.0. The van der Waals surface area contributed by atoms with Gasteiger partial charge in [-0.1, -0.05) is 29.3 Å². The molecule has 4 rings (SSSR count). The number of ether oxygens (including phenoxy) is 1. The number of Topliss-reactive ketones (excluding diaryl/α,β-unsaturated/α-hetero) is 1. The minimum atomic E-state index is -4.72. The van der Waals surface area contributed by atoms with E-state index in [1.807, 2.05) is 0 Å². The van der Waals surface area contributed by atoms with Gasteiger partial charge in [-0.25, -0.2) is 4.68 Å². The first kappa shape index (κ1) is 24.0. The van der Waals surface area contributed by atoms with E-state index in [0.717, 1.165) is 22.9 Å². The maximum atomic E-state index is 13.5. The third kappa shape index (κ3) is 4.22. The van der Waals surface area contributed by atoms with Crippen molar-refractivity contribution in [2.75, 3.05) is 12.3 Å². The van der Waals surface area contributed by atoms with E-state index in [2.05, 4.69) is 5.10 Å². The van der Waals surface area contributed by atoms with E-state index in [0.29, 0.717) is 12.8 Å². The number of alkyl halides is 3. The van der Waals surface area contributed by atoms with Gasteiger partial charge in [0.1, 0.15) is 6.10 Å². The van der Waals surface area contributed by atoms with Crippen LogP contribution in [0.15, 0.2) is 36.4 Å². The Morgan fingerprint density at radius 3 is 2.47 bits per heavy atom. The number of nitrogens with zero attached hydrogens (tertiary/aromatic N) is 3. The van der Waals surface area contributed by atoms with E-state index in [9.17, 15) is 28.1 Å². The lowest BCUT2D eigenvalue weighted by molar-refractivity contribution is -0.384. The van der Waals surface area contributed by atoms with Crippen molar-refractivity contribution in [3.8, 4) is 16.8 Å². The first-order valence-electron chi connectivity index (χ1n) is 9.85. The number of carbonyl (C=O) groups is 1. The minimum absolute atomic E-state index is 0.0229. The van der Waals surface area contributed by atoms with Crippen molar-refractivity contribution in [1.29, 1.82) is 0 Å². The van der Waals surface area contributed by atoms with Gasteiger partial charge in [-0.05, 0) is 43.2 Å². The maximum Gasteiger partial charge on any atom is 0.416 e. The summed E-state index contributed by atoms with van der Waals surface area (Å²) in [6.45, 7) is 0.286. The molecule has 2 heterocycles. The highest BCUT2D eigenvalue weighted by atomic mass is 35.5. The molecule has 3 aromatic rings. The molecule has 2 aromatic carbocycles. The van der Waals surface area contributed by atoms with Gasteiger partial charge in [-0.15, -0.1) is 5.10 Å². The minimum Gasteiger partial charge on any atom is -0.376 e. The fourth-order valence-electron chi connectivity index (χ4n) is 3.79. The predicted octanol–water partition coefficient (Wildman–Crippen LogP) is 5.72. The molecule has 1 unspecified atom stereocenters. The van der Waals surface area contributed by atoms with Crippen LogP contribution in [0.25, 0.3) is 16.8 Å². The molecular formula is C21H15Cl2F3N4O4. The summed E-state index contributed by atoms with van der Waals surface area (Å²) in [7, 11) is 0. The number of nitrogens with two attached hydrogens (primary N) is 1. The number of hydrogen-bond donors (Lipinski definition) is 1. The molecule has 0 radical (unpaired) electrons. The lowest BCUT2D eigenvalue weighted by atomic mass is 9.99. The Hall–Kier alpha value is -3.15. The molecule has 178 valence electrons. The van der Waals surface area contributed by atoms with Crippen LogP contribution in [-0.2, 0) is 10.9 Å². The number of anilines is 1. The fraction of sp³-hybridized carbons (Fsp3) is 0.238. The third-order valence-corrected chi connectivity index (χ3v) is 5.94. The Labute approximate surface area is 200 Å². The molecule has 1 aliphatic heterocycles. The van der Waals surface area contributed by atoms with Gasteiger partial charge in [-0.3, -0.25) is 14.9 Å². The molecule has 8 nitrogen and oxygen atoms in total. The smallest absolute Gasteiger partial charge is 0.376 e. The number of carbonyl (C=O) groups excluding carboxylic acids is 1. The van der Waals surface area contributed by atoms with Crippen molar-refractivity contribution in [2.24, 2.45) is 0 Å². The molecule has 1 aliphatic rings. The number of halogens is 5. The highest BCUT2D eigenvalue weighted by Crippen LogP contribution is 2.42. The summed E-state index contributed by atoms with van der Waals surface area (Å²) in [6.07, 6.45) is -4.81. The lowest BCUT2D eigenvalue weighted by Crippen LogP contribution is -2.24. The summed E-state index contributed by atoms with van der Waals surface area (Å²) in [5.74, 6) is -1.34. The SMILES string of the molecule is Nc1nn(-c2ccc(C(F)(F)F)cc2-c2c(Cl)cccc2Cl)c(C(=O)C2CCCO2)c1[N+](=O)[O-]. The zero-order valence-corrected chi connectivity index (χ0v) is 18.6. The van der Waals surface area contributed by atoms with Crippen molar-refractivity contribution in [3.05, 3.63) is 67.8 Å². The van der Waals surface area contributed by atoms with Crippen molar-refractivity contribution < 1.29 is 27.6 Å². The van der Waals surface area contributed by atoms with E-state index in [1.165, 1.54) is 18.2 Å². The highest BCUT2D eigenvalue weighted by molar-refractivity contribution is 6.39. The van der Waals surface area contributed by atoms with Crippen LogP contribution in [0.2, 0.25) is 10.0 Å². The van der Waals surface area contributed by atoms with Crippen LogP contribution in [0, 0.1) is 10.1 Å². The fourth-order valence-corrected chi connectivity index (χ4v) is 4.39. The van der Waals surface area contributed by atoms with E-state index < -0.39 is 45.7 Å². The van der Waals surface area contributed by atoms with Crippen molar-refractivity contribution in [3.63, 3.8) is 0 Å². The molecule has 13 heteroatoms. The van der Waals surface area contributed by atoms with Crippen LogP contribution in [0.1, 0.15) is 28.9 Å². The van der Waals surface area contributed by atoms with Gasteiger partial charge in [0, 0.05) is 27.8 Å². The number of rotatable bonds is 5. The molecule has 1 aromatic heterocycles. The molecule has 0 saturated carbocycles. The first-order valence-corrected chi connectivity index (χ1v) is 10.6. The summed E-state index contributed by atoms with van der Waals surface area (Å²) in [6, 6.07) is 6.92. The van der Waals surface area contributed by atoms with Crippen LogP contribution in [-0.4, -0.2) is 33.2 Å². The van der Waals surface area contributed by atoms with Crippen molar-refractivity contribution >= 4 is 40.5 Å². The average Bonchev–Trinajstić information content (AvgIpc) is 3.40. The summed E-state index contributed by atoms with van der Waals surface area (Å²) in [5.41, 5.74) is 3.23. The van der Waals surface area contributed by atoms with Crippen LogP contribution in [0.5, 0.6) is 0 Å².